The van der Waals surface area contributed by atoms with Crippen LogP contribution in [0, 0.1) is 17.8 Å². The van der Waals surface area contributed by atoms with Gasteiger partial charge < -0.3 is 4.52 Å². The molecule has 4 atom stereocenters. The second-order valence-electron chi connectivity index (χ2n) is 6.70. The molecule has 0 saturated heterocycles. The molecule has 0 aliphatic heterocycles. The predicted molar refractivity (Wildman–Crippen MR) is 89.8 cm³/mol. The Morgan fingerprint density at radius 3 is 2.57 bits per heavy atom. The Morgan fingerprint density at radius 2 is 1.95 bits per heavy atom. The first kappa shape index (κ1) is 17.1. The summed E-state index contributed by atoms with van der Waals surface area (Å²) >= 11 is 6.26. The van der Waals surface area contributed by atoms with Gasteiger partial charge in [-0.3, -0.25) is 4.57 Å². The number of rotatable bonds is 5. The van der Waals surface area contributed by atoms with E-state index in [1.165, 1.54) is 6.42 Å². The van der Waals surface area contributed by atoms with Crippen molar-refractivity contribution in [1.29, 1.82) is 0 Å². The van der Waals surface area contributed by atoms with Gasteiger partial charge >= 0.3 is 0 Å². The lowest BCUT2D eigenvalue weighted by Crippen LogP contribution is -2.33. The molecule has 0 aromatic heterocycles. The van der Waals surface area contributed by atoms with Gasteiger partial charge in [0.2, 0.25) is 0 Å². The van der Waals surface area contributed by atoms with Crippen LogP contribution < -0.4 is 0 Å². The first-order valence-electron chi connectivity index (χ1n) is 7.88. The Kier molecular flexibility index (Phi) is 5.94. The predicted octanol–water partition coefficient (Wildman–Crippen LogP) is 6.10. The minimum absolute atomic E-state index is 0.0285. The largest absolute Gasteiger partial charge is 0.314 e. The highest BCUT2D eigenvalue weighted by molar-refractivity contribution is 7.84. The second kappa shape index (κ2) is 7.31. The third-order valence-electron chi connectivity index (χ3n) is 4.47. The highest BCUT2D eigenvalue weighted by atomic mass is 35.7. The van der Waals surface area contributed by atoms with Gasteiger partial charge in [0.15, 0.2) is 0 Å². The van der Waals surface area contributed by atoms with Gasteiger partial charge in [-0.15, -0.1) is 0 Å². The van der Waals surface area contributed by atoms with E-state index in [0.29, 0.717) is 23.9 Å². The van der Waals surface area contributed by atoms with Gasteiger partial charge in [-0.25, -0.2) is 0 Å². The van der Waals surface area contributed by atoms with Crippen molar-refractivity contribution in [3.05, 3.63) is 35.9 Å². The molecular weight excluding hydrogens is 303 g/mol. The van der Waals surface area contributed by atoms with Gasteiger partial charge in [0.25, 0.3) is 6.72 Å². The van der Waals surface area contributed by atoms with Crippen molar-refractivity contribution in [3.63, 3.8) is 0 Å². The van der Waals surface area contributed by atoms with Crippen LogP contribution in [0.15, 0.2) is 30.3 Å². The summed E-state index contributed by atoms with van der Waals surface area (Å²) in [6, 6.07) is 9.71. The molecule has 1 aromatic rings. The minimum atomic E-state index is -3.11. The van der Waals surface area contributed by atoms with Crippen molar-refractivity contribution in [1.82, 2.24) is 0 Å². The fourth-order valence-electron chi connectivity index (χ4n) is 3.28. The molecule has 1 aromatic carbocycles. The SMILES string of the molecule is CC(C)[C@@H]1CC[C@@H](C)C[C@H]1O[P@@](=O)(Cl)Cc1ccccc1. The minimum Gasteiger partial charge on any atom is -0.314 e. The summed E-state index contributed by atoms with van der Waals surface area (Å²) in [5.74, 6) is 1.62. The molecule has 0 amide bonds. The third kappa shape index (κ3) is 5.13. The molecule has 1 fully saturated rings. The molecule has 0 radical (unpaired) electrons. The summed E-state index contributed by atoms with van der Waals surface area (Å²) in [6.07, 6.45) is 3.68. The maximum Gasteiger partial charge on any atom is 0.294 e. The van der Waals surface area contributed by atoms with Crippen molar-refractivity contribution < 1.29 is 9.09 Å². The van der Waals surface area contributed by atoms with Crippen LogP contribution in [-0.2, 0) is 15.3 Å². The van der Waals surface area contributed by atoms with E-state index in [1.807, 2.05) is 30.3 Å². The van der Waals surface area contributed by atoms with Gasteiger partial charge in [0, 0.05) is 0 Å². The molecule has 2 rings (SSSR count). The van der Waals surface area contributed by atoms with Crippen LogP contribution in [-0.4, -0.2) is 6.10 Å². The normalized spacial score (nSPS) is 29.3. The number of hydrogen-bond acceptors (Lipinski definition) is 2. The zero-order valence-corrected chi connectivity index (χ0v) is 14.8. The van der Waals surface area contributed by atoms with Crippen molar-refractivity contribution >= 4 is 18.0 Å². The summed E-state index contributed by atoms with van der Waals surface area (Å²) in [5.41, 5.74) is 0.973. The lowest BCUT2D eigenvalue weighted by Gasteiger charge is -2.37. The van der Waals surface area contributed by atoms with Crippen molar-refractivity contribution in [3.8, 4) is 0 Å². The molecule has 1 aliphatic rings. The lowest BCUT2D eigenvalue weighted by molar-refractivity contribution is 0.0506. The first-order chi connectivity index (χ1) is 9.87. The highest BCUT2D eigenvalue weighted by Gasteiger charge is 2.36. The van der Waals surface area contributed by atoms with Gasteiger partial charge in [-0.1, -0.05) is 57.5 Å². The van der Waals surface area contributed by atoms with Crippen LogP contribution in [0.3, 0.4) is 0 Å². The van der Waals surface area contributed by atoms with E-state index < -0.39 is 6.72 Å². The smallest absolute Gasteiger partial charge is 0.294 e. The van der Waals surface area contributed by atoms with Crippen LogP contribution in [0.4, 0.5) is 0 Å². The summed E-state index contributed by atoms with van der Waals surface area (Å²) in [4.78, 5) is 0. The van der Waals surface area contributed by atoms with Gasteiger partial charge in [-0.05, 0) is 47.4 Å². The van der Waals surface area contributed by atoms with Crippen LogP contribution in [0.1, 0.15) is 45.6 Å². The maximum absolute atomic E-state index is 12.7. The molecule has 118 valence electrons. The summed E-state index contributed by atoms with van der Waals surface area (Å²) < 4.78 is 18.6. The number of hydrogen-bond donors (Lipinski definition) is 0. The third-order valence-corrected chi connectivity index (χ3v) is 6.39. The Bertz CT molecular complexity index is 489. The van der Waals surface area contributed by atoms with Crippen molar-refractivity contribution in [2.24, 2.45) is 17.8 Å². The average Bonchev–Trinajstić information content (AvgIpc) is 2.38. The van der Waals surface area contributed by atoms with Crippen LogP contribution in [0.2, 0.25) is 0 Å². The Morgan fingerprint density at radius 1 is 1.29 bits per heavy atom. The molecule has 2 nitrogen and oxygen atoms in total. The Labute approximate surface area is 133 Å². The molecule has 4 heteroatoms. The summed E-state index contributed by atoms with van der Waals surface area (Å²) in [7, 11) is 0. The molecule has 21 heavy (non-hydrogen) atoms. The quantitative estimate of drug-likeness (QED) is 0.611. The van der Waals surface area contributed by atoms with Crippen LogP contribution in [0.5, 0.6) is 0 Å². The lowest BCUT2D eigenvalue weighted by atomic mass is 9.75. The molecule has 1 aliphatic carbocycles. The second-order valence-corrected chi connectivity index (χ2v) is 9.96. The average molecular weight is 329 g/mol. The molecule has 1 saturated carbocycles. The zero-order valence-electron chi connectivity index (χ0n) is 13.2. The number of halogens is 1. The summed E-state index contributed by atoms with van der Waals surface area (Å²) in [6.45, 7) is 3.56. The van der Waals surface area contributed by atoms with Crippen LogP contribution in [0.25, 0.3) is 0 Å². The topological polar surface area (TPSA) is 26.3 Å². The number of benzene rings is 1. The Balaban J connectivity index is 2.04. The van der Waals surface area contributed by atoms with Crippen molar-refractivity contribution in [2.45, 2.75) is 52.3 Å². The van der Waals surface area contributed by atoms with E-state index in [0.717, 1.165) is 18.4 Å². The van der Waals surface area contributed by atoms with Gasteiger partial charge in [0.05, 0.1) is 12.3 Å². The monoisotopic (exact) mass is 328 g/mol. The molecule has 0 unspecified atom stereocenters. The fourth-order valence-corrected chi connectivity index (χ4v) is 5.37. The maximum atomic E-state index is 12.7. The van der Waals surface area contributed by atoms with E-state index in [2.05, 4.69) is 20.8 Å². The summed E-state index contributed by atoms with van der Waals surface area (Å²) in [5, 5.41) is 0. The standard InChI is InChI=1S/C17H26ClO2P/c1-13(2)16-10-9-14(3)11-17(16)20-21(18,19)12-15-7-5-4-6-8-15/h4-8,13-14,16-17H,9-12H2,1-3H3/t14-,16+,17-,21-/m1/s1. The van der Waals surface area contributed by atoms with E-state index in [-0.39, 0.29) is 6.10 Å². The molecule has 0 N–H and O–H groups in total. The van der Waals surface area contributed by atoms with Gasteiger partial charge in [0.1, 0.15) is 0 Å². The zero-order chi connectivity index (χ0) is 15.5. The molecule has 0 bridgehead atoms. The molecule has 0 heterocycles. The Hall–Kier alpha value is -0.300. The molecular formula is C17H26ClO2P. The first-order valence-corrected chi connectivity index (χ1v) is 10.6. The fraction of sp³-hybridized carbons (Fsp3) is 0.647. The van der Waals surface area contributed by atoms with E-state index in [4.69, 9.17) is 15.8 Å². The molecule has 0 spiro atoms. The van der Waals surface area contributed by atoms with E-state index in [9.17, 15) is 4.57 Å². The van der Waals surface area contributed by atoms with E-state index in [1.54, 1.807) is 0 Å². The highest BCUT2D eigenvalue weighted by Crippen LogP contribution is 2.58. The van der Waals surface area contributed by atoms with Gasteiger partial charge in [-0.2, -0.15) is 0 Å². The van der Waals surface area contributed by atoms with Crippen molar-refractivity contribution in [2.75, 3.05) is 0 Å². The van der Waals surface area contributed by atoms with E-state index >= 15 is 0 Å². The van der Waals surface area contributed by atoms with Crippen LogP contribution >= 0.6 is 18.0 Å².